The number of rotatable bonds is 1. The van der Waals surface area contributed by atoms with Crippen molar-refractivity contribution in [3.63, 3.8) is 0 Å². The molecule has 0 unspecified atom stereocenters. The second-order valence-corrected chi connectivity index (χ2v) is 2.22. The number of nitrogens with one attached hydrogen (secondary N) is 2. The molecule has 0 aliphatic carbocycles. The molecule has 0 heterocycles. The molecule has 0 saturated carbocycles. The van der Waals surface area contributed by atoms with Gasteiger partial charge in [-0.1, -0.05) is 0 Å². The van der Waals surface area contributed by atoms with E-state index in [4.69, 9.17) is 0 Å². The number of carbonyl (C=O) groups excluding carboxylic acids is 1. The molecule has 9 heteroatoms. The molecule has 0 aromatic carbocycles. The molecule has 1 amide bonds. The van der Waals surface area contributed by atoms with Crippen LogP contribution in [0.1, 0.15) is 0 Å². The van der Waals surface area contributed by atoms with Crippen molar-refractivity contribution in [1.29, 1.82) is 0 Å². The maximum Gasteiger partial charge on any atom is 0.471 e. The standard InChI is InChI=1S/C3H4F3NO.C3H6F3N/c1-7-2(8)3(4,5)6;1-7-2-3(4,5)6/h1H3,(H,7,8);7H,2H2,1H3. The molecule has 0 aliphatic rings. The molecule has 0 atom stereocenters. The van der Waals surface area contributed by atoms with Crippen LogP contribution in [0.5, 0.6) is 0 Å². The maximum atomic E-state index is 11.0. The summed E-state index contributed by atoms with van der Waals surface area (Å²) >= 11 is 0. The van der Waals surface area contributed by atoms with Gasteiger partial charge < -0.3 is 10.6 Å². The van der Waals surface area contributed by atoms with Crippen LogP contribution >= 0.6 is 0 Å². The van der Waals surface area contributed by atoms with Crippen molar-refractivity contribution in [1.82, 2.24) is 10.6 Å². The first-order valence-corrected chi connectivity index (χ1v) is 3.55. The van der Waals surface area contributed by atoms with E-state index >= 15 is 0 Å². The predicted octanol–water partition coefficient (Wildman–Crippen LogP) is 1.06. The second-order valence-electron chi connectivity index (χ2n) is 2.22. The van der Waals surface area contributed by atoms with Crippen molar-refractivity contribution in [3.8, 4) is 0 Å². The Bertz CT molecular complexity index is 187. The number of halogens is 6. The number of amides is 1. The highest BCUT2D eigenvalue weighted by atomic mass is 19.4. The topological polar surface area (TPSA) is 41.1 Å². The summed E-state index contributed by atoms with van der Waals surface area (Å²) in [5.41, 5.74) is 0. The first-order valence-electron chi connectivity index (χ1n) is 3.55. The van der Waals surface area contributed by atoms with E-state index in [9.17, 15) is 31.1 Å². The number of carbonyl (C=O) groups is 1. The summed E-state index contributed by atoms with van der Waals surface area (Å²) < 4.78 is 66.1. The lowest BCUT2D eigenvalue weighted by molar-refractivity contribution is -0.172. The van der Waals surface area contributed by atoms with Gasteiger partial charge in [-0.2, -0.15) is 26.3 Å². The van der Waals surface area contributed by atoms with E-state index in [-0.39, 0.29) is 0 Å². The molecule has 0 spiro atoms. The molecule has 2 N–H and O–H groups in total. The van der Waals surface area contributed by atoms with Gasteiger partial charge in [-0.15, -0.1) is 0 Å². The van der Waals surface area contributed by atoms with Crippen molar-refractivity contribution < 1.29 is 31.1 Å². The first kappa shape index (κ1) is 16.4. The highest BCUT2D eigenvalue weighted by Crippen LogP contribution is 2.13. The SMILES string of the molecule is CNC(=O)C(F)(F)F.CNCC(F)(F)F. The van der Waals surface area contributed by atoms with Gasteiger partial charge in [0.25, 0.3) is 0 Å². The fraction of sp³-hybridized carbons (Fsp3) is 0.833. The molecule has 0 radical (unpaired) electrons. The molecule has 0 rings (SSSR count). The third-order valence-corrected chi connectivity index (χ3v) is 0.862. The van der Waals surface area contributed by atoms with Crippen molar-refractivity contribution in [2.75, 3.05) is 20.6 Å². The molecule has 15 heavy (non-hydrogen) atoms. The molecule has 92 valence electrons. The van der Waals surface area contributed by atoms with Crippen LogP contribution in [0, 0.1) is 0 Å². The van der Waals surface area contributed by atoms with E-state index in [1.165, 1.54) is 12.4 Å². The van der Waals surface area contributed by atoms with Gasteiger partial charge in [0.1, 0.15) is 0 Å². The van der Waals surface area contributed by atoms with Gasteiger partial charge in [-0.05, 0) is 7.05 Å². The van der Waals surface area contributed by atoms with Crippen LogP contribution in [-0.4, -0.2) is 38.9 Å². The summed E-state index contributed by atoms with van der Waals surface area (Å²) in [4.78, 5) is 9.60. The minimum absolute atomic E-state index is 0.910. The van der Waals surface area contributed by atoms with Crippen LogP contribution < -0.4 is 10.6 Å². The van der Waals surface area contributed by atoms with E-state index < -0.39 is 24.8 Å². The molecular formula is C6H10F6N2O. The number of hydrogen-bond acceptors (Lipinski definition) is 2. The molecule has 0 saturated heterocycles. The van der Waals surface area contributed by atoms with Gasteiger partial charge in [0.2, 0.25) is 0 Å². The minimum atomic E-state index is -4.74. The Morgan fingerprint density at radius 2 is 1.47 bits per heavy atom. The predicted molar refractivity (Wildman–Crippen MR) is 40.1 cm³/mol. The summed E-state index contributed by atoms with van der Waals surface area (Å²) in [7, 11) is 2.18. The zero-order chi connectivity index (χ0) is 12.7. The van der Waals surface area contributed by atoms with E-state index in [1.807, 2.05) is 5.32 Å². The Hall–Kier alpha value is -0.990. The summed E-state index contributed by atoms with van der Waals surface area (Å²) in [5.74, 6) is -1.92. The molecule has 0 fully saturated rings. The zero-order valence-corrected chi connectivity index (χ0v) is 7.88. The molecule has 0 aliphatic heterocycles. The lowest BCUT2D eigenvalue weighted by Gasteiger charge is -2.01. The van der Waals surface area contributed by atoms with Gasteiger partial charge in [0.15, 0.2) is 0 Å². The Kier molecular flexibility index (Phi) is 7.11. The van der Waals surface area contributed by atoms with Crippen molar-refractivity contribution >= 4 is 5.91 Å². The van der Waals surface area contributed by atoms with Gasteiger partial charge in [0, 0.05) is 7.05 Å². The zero-order valence-electron chi connectivity index (χ0n) is 7.88. The van der Waals surface area contributed by atoms with Crippen LogP contribution in [0.4, 0.5) is 26.3 Å². The summed E-state index contributed by atoms with van der Waals surface area (Å²) in [6.45, 7) is -0.910. The highest BCUT2D eigenvalue weighted by molar-refractivity contribution is 5.81. The van der Waals surface area contributed by atoms with Crippen LogP contribution in [0.15, 0.2) is 0 Å². The van der Waals surface area contributed by atoms with Crippen molar-refractivity contribution in [3.05, 3.63) is 0 Å². The second kappa shape index (κ2) is 6.49. The molecular weight excluding hydrogens is 230 g/mol. The van der Waals surface area contributed by atoms with Crippen molar-refractivity contribution in [2.45, 2.75) is 12.4 Å². The fourth-order valence-electron chi connectivity index (χ4n) is 0.342. The van der Waals surface area contributed by atoms with E-state index in [0.717, 1.165) is 7.05 Å². The van der Waals surface area contributed by atoms with Crippen LogP contribution in [-0.2, 0) is 4.79 Å². The molecule has 3 nitrogen and oxygen atoms in total. The van der Waals surface area contributed by atoms with Gasteiger partial charge in [-0.3, -0.25) is 4.79 Å². The molecule has 0 bridgehead atoms. The van der Waals surface area contributed by atoms with E-state index in [2.05, 4.69) is 0 Å². The Morgan fingerprint density at radius 1 is 1.07 bits per heavy atom. The highest BCUT2D eigenvalue weighted by Gasteiger charge is 2.37. The summed E-state index contributed by atoms with van der Waals surface area (Å²) in [6, 6.07) is 0. The largest absolute Gasteiger partial charge is 0.471 e. The Labute approximate surface area is 81.8 Å². The third-order valence-electron chi connectivity index (χ3n) is 0.862. The lowest BCUT2D eigenvalue weighted by Crippen LogP contribution is -2.33. The van der Waals surface area contributed by atoms with Crippen LogP contribution in [0.25, 0.3) is 0 Å². The monoisotopic (exact) mass is 240 g/mol. The van der Waals surface area contributed by atoms with Gasteiger partial charge in [0.05, 0.1) is 6.54 Å². The third kappa shape index (κ3) is 13.0. The maximum absolute atomic E-state index is 11.0. The van der Waals surface area contributed by atoms with Gasteiger partial charge in [-0.25, -0.2) is 0 Å². The minimum Gasteiger partial charge on any atom is -0.351 e. The average molecular weight is 240 g/mol. The Balaban J connectivity index is 0. The number of alkyl halides is 6. The van der Waals surface area contributed by atoms with Crippen molar-refractivity contribution in [2.24, 2.45) is 0 Å². The molecule has 0 aromatic heterocycles. The summed E-state index contributed by atoms with van der Waals surface area (Å²) in [6.07, 6.45) is -8.80. The van der Waals surface area contributed by atoms with E-state index in [1.54, 1.807) is 0 Å². The average Bonchev–Trinajstić information content (AvgIpc) is 2.00. The smallest absolute Gasteiger partial charge is 0.351 e. The Morgan fingerprint density at radius 3 is 1.47 bits per heavy atom. The van der Waals surface area contributed by atoms with Gasteiger partial charge >= 0.3 is 18.3 Å². The summed E-state index contributed by atoms with van der Waals surface area (Å²) in [5, 5.41) is 3.42. The molecule has 0 aromatic rings. The van der Waals surface area contributed by atoms with E-state index in [0.29, 0.717) is 0 Å². The quantitative estimate of drug-likeness (QED) is 0.673. The normalized spacial score (nSPS) is 11.5. The lowest BCUT2D eigenvalue weighted by atomic mass is 10.6. The van der Waals surface area contributed by atoms with Crippen LogP contribution in [0.2, 0.25) is 0 Å². The first-order chi connectivity index (χ1) is 6.54. The number of hydrogen-bond donors (Lipinski definition) is 2. The van der Waals surface area contributed by atoms with Crippen LogP contribution in [0.3, 0.4) is 0 Å². The fourth-order valence-corrected chi connectivity index (χ4v) is 0.342.